The van der Waals surface area contributed by atoms with Crippen LogP contribution in [0.5, 0.6) is 5.75 Å². The van der Waals surface area contributed by atoms with Crippen LogP contribution in [0.25, 0.3) is 0 Å². The number of piperazine rings is 1. The Bertz CT molecular complexity index is 857. The summed E-state index contributed by atoms with van der Waals surface area (Å²) in [5, 5.41) is 25.2. The maximum Gasteiger partial charge on any atom is 0.414 e. The van der Waals surface area contributed by atoms with Gasteiger partial charge in [-0.1, -0.05) is 32.9 Å². The van der Waals surface area contributed by atoms with E-state index >= 15 is 0 Å². The highest BCUT2D eigenvalue weighted by molar-refractivity contribution is 6.27. The first-order valence-corrected chi connectivity index (χ1v) is 11.9. The van der Waals surface area contributed by atoms with Crippen molar-refractivity contribution in [1.29, 1.82) is 0 Å². The lowest BCUT2D eigenvalue weighted by atomic mass is 9.86. The van der Waals surface area contributed by atoms with Gasteiger partial charge in [0.15, 0.2) is 0 Å². The molecule has 2 fully saturated rings. The number of benzene rings is 1. The van der Waals surface area contributed by atoms with Gasteiger partial charge in [-0.15, -0.1) is 0 Å². The standard InChI is InChI=1S/C23H36N2O4.C2H2O4/c1-17-14-18(23(2,3)4)7-8-20(17)29-16-19(26)15-24-9-11-25(12-10-24)22(27)21-6-5-13-28-21;3-1(4)2(5)6/h7-8,14,19,21,26H,5-6,9-13,15-16H2,1-4H3;(H,3,4)(H,5,6). The number of aryl methyl sites for hydroxylation is 1. The molecule has 2 saturated heterocycles. The van der Waals surface area contributed by atoms with Crippen molar-refractivity contribution in [3.63, 3.8) is 0 Å². The highest BCUT2D eigenvalue weighted by Crippen LogP contribution is 2.27. The molecular weight excluding hydrogens is 456 g/mol. The molecule has 0 aliphatic carbocycles. The molecule has 0 saturated carbocycles. The van der Waals surface area contributed by atoms with Gasteiger partial charge in [0.25, 0.3) is 5.91 Å². The largest absolute Gasteiger partial charge is 0.491 e. The topological polar surface area (TPSA) is 137 Å². The van der Waals surface area contributed by atoms with Gasteiger partial charge in [0, 0.05) is 39.3 Å². The highest BCUT2D eigenvalue weighted by atomic mass is 16.5. The first-order valence-electron chi connectivity index (χ1n) is 11.9. The molecular formula is C25H38N2O8. The SMILES string of the molecule is Cc1cc(C(C)(C)C)ccc1OCC(O)CN1CCN(C(=O)C2CCCO2)CC1.O=C(O)C(=O)O. The van der Waals surface area contributed by atoms with E-state index < -0.39 is 18.0 Å². The van der Waals surface area contributed by atoms with Crippen molar-refractivity contribution in [2.24, 2.45) is 0 Å². The van der Waals surface area contributed by atoms with Crippen LogP contribution in [0.1, 0.15) is 44.7 Å². The Balaban J connectivity index is 0.000000641. The van der Waals surface area contributed by atoms with Crippen molar-refractivity contribution in [3.8, 4) is 5.75 Å². The Morgan fingerprint density at radius 3 is 2.23 bits per heavy atom. The molecule has 0 spiro atoms. The molecule has 10 heteroatoms. The second-order valence-corrected chi connectivity index (χ2v) is 9.93. The van der Waals surface area contributed by atoms with Crippen molar-refractivity contribution in [2.75, 3.05) is 45.9 Å². The average Bonchev–Trinajstić information content (AvgIpc) is 3.33. The Labute approximate surface area is 206 Å². The lowest BCUT2D eigenvalue weighted by molar-refractivity contribution is -0.159. The summed E-state index contributed by atoms with van der Waals surface area (Å²) in [4.78, 5) is 34.7. The molecule has 2 heterocycles. The van der Waals surface area contributed by atoms with E-state index in [2.05, 4.69) is 37.8 Å². The minimum absolute atomic E-state index is 0.107. The van der Waals surface area contributed by atoms with E-state index in [9.17, 15) is 9.90 Å². The summed E-state index contributed by atoms with van der Waals surface area (Å²) in [6.45, 7) is 13.1. The number of aliphatic hydroxyl groups excluding tert-OH is 1. The number of nitrogens with zero attached hydrogens (tertiary/aromatic N) is 2. The van der Waals surface area contributed by atoms with E-state index in [1.807, 2.05) is 17.9 Å². The maximum absolute atomic E-state index is 12.4. The van der Waals surface area contributed by atoms with Crippen LogP contribution in [0.15, 0.2) is 18.2 Å². The number of β-amino-alcohol motifs (C(OH)–C–C–N with tert-alkyl or cyclic N) is 1. The zero-order valence-electron chi connectivity index (χ0n) is 21.0. The molecule has 2 aliphatic rings. The van der Waals surface area contributed by atoms with Crippen LogP contribution in [0.3, 0.4) is 0 Å². The molecule has 196 valence electrons. The molecule has 0 bridgehead atoms. The number of aliphatic carboxylic acids is 2. The third kappa shape index (κ3) is 9.12. The molecule has 3 rings (SSSR count). The van der Waals surface area contributed by atoms with E-state index in [1.54, 1.807) is 0 Å². The molecule has 1 aromatic carbocycles. The number of carbonyl (C=O) groups excluding carboxylic acids is 1. The van der Waals surface area contributed by atoms with Crippen LogP contribution < -0.4 is 4.74 Å². The monoisotopic (exact) mass is 494 g/mol. The molecule has 0 radical (unpaired) electrons. The van der Waals surface area contributed by atoms with E-state index in [4.69, 9.17) is 29.3 Å². The van der Waals surface area contributed by atoms with Crippen molar-refractivity contribution >= 4 is 17.8 Å². The fraction of sp³-hybridized carbons (Fsp3) is 0.640. The fourth-order valence-corrected chi connectivity index (χ4v) is 3.94. The molecule has 2 unspecified atom stereocenters. The molecule has 2 aliphatic heterocycles. The van der Waals surface area contributed by atoms with Crippen molar-refractivity contribution < 1.29 is 39.2 Å². The number of ether oxygens (including phenoxy) is 2. The lowest BCUT2D eigenvalue weighted by Gasteiger charge is -2.36. The first kappa shape index (κ1) is 28.5. The number of carboxylic acid groups (broad SMARTS) is 2. The number of carboxylic acids is 2. The van der Waals surface area contributed by atoms with Crippen molar-refractivity contribution in [1.82, 2.24) is 9.80 Å². The van der Waals surface area contributed by atoms with E-state index in [0.717, 1.165) is 37.2 Å². The van der Waals surface area contributed by atoms with Gasteiger partial charge in [-0.05, 0) is 42.4 Å². The van der Waals surface area contributed by atoms with E-state index in [-0.39, 0.29) is 24.0 Å². The minimum Gasteiger partial charge on any atom is -0.491 e. The molecule has 2 atom stereocenters. The van der Waals surface area contributed by atoms with Crippen LogP contribution >= 0.6 is 0 Å². The van der Waals surface area contributed by atoms with E-state index in [1.165, 1.54) is 5.56 Å². The summed E-state index contributed by atoms with van der Waals surface area (Å²) in [6, 6.07) is 6.25. The molecule has 1 aromatic rings. The van der Waals surface area contributed by atoms with Crippen LogP contribution in [0.2, 0.25) is 0 Å². The normalized spacial score (nSPS) is 19.5. The number of hydrogen-bond acceptors (Lipinski definition) is 7. The third-order valence-electron chi connectivity index (χ3n) is 6.01. The van der Waals surface area contributed by atoms with Gasteiger partial charge in [0.2, 0.25) is 0 Å². The number of carbonyl (C=O) groups is 3. The summed E-state index contributed by atoms with van der Waals surface area (Å²) in [5.74, 6) is -2.70. The lowest BCUT2D eigenvalue weighted by Crippen LogP contribution is -2.53. The molecule has 1 amide bonds. The van der Waals surface area contributed by atoms with Crippen molar-refractivity contribution in [3.05, 3.63) is 29.3 Å². The van der Waals surface area contributed by atoms with Crippen LogP contribution in [0, 0.1) is 6.92 Å². The summed E-state index contributed by atoms with van der Waals surface area (Å²) in [5.41, 5.74) is 2.47. The predicted molar refractivity (Wildman–Crippen MR) is 129 cm³/mol. The first-order chi connectivity index (χ1) is 16.4. The van der Waals surface area contributed by atoms with Crippen LogP contribution in [-0.2, 0) is 24.5 Å². The van der Waals surface area contributed by atoms with Gasteiger partial charge in [0.05, 0.1) is 0 Å². The van der Waals surface area contributed by atoms with Gasteiger partial charge in [-0.25, -0.2) is 9.59 Å². The quantitative estimate of drug-likeness (QED) is 0.503. The fourth-order valence-electron chi connectivity index (χ4n) is 3.94. The molecule has 35 heavy (non-hydrogen) atoms. The summed E-state index contributed by atoms with van der Waals surface area (Å²) < 4.78 is 11.4. The molecule has 0 aromatic heterocycles. The summed E-state index contributed by atoms with van der Waals surface area (Å²) in [6.07, 6.45) is 1.01. The van der Waals surface area contributed by atoms with Crippen molar-refractivity contribution in [2.45, 2.75) is 58.2 Å². The smallest absolute Gasteiger partial charge is 0.414 e. The van der Waals surface area contributed by atoms with Gasteiger partial charge < -0.3 is 29.7 Å². The van der Waals surface area contributed by atoms with Gasteiger partial charge in [-0.2, -0.15) is 0 Å². The Morgan fingerprint density at radius 2 is 1.74 bits per heavy atom. The Morgan fingerprint density at radius 1 is 1.11 bits per heavy atom. The number of rotatable bonds is 6. The summed E-state index contributed by atoms with van der Waals surface area (Å²) >= 11 is 0. The number of amides is 1. The van der Waals surface area contributed by atoms with E-state index in [0.29, 0.717) is 26.2 Å². The van der Waals surface area contributed by atoms with Crippen LogP contribution in [0.4, 0.5) is 0 Å². The number of aliphatic hydroxyl groups is 1. The molecule has 3 N–H and O–H groups in total. The second kappa shape index (κ2) is 12.9. The zero-order valence-corrected chi connectivity index (χ0v) is 21.0. The molecule has 10 nitrogen and oxygen atoms in total. The maximum atomic E-state index is 12.4. The van der Waals surface area contributed by atoms with Crippen LogP contribution in [-0.4, -0.2) is 101 Å². The predicted octanol–water partition coefficient (Wildman–Crippen LogP) is 1.51. The highest BCUT2D eigenvalue weighted by Gasteiger charge is 2.30. The second-order valence-electron chi connectivity index (χ2n) is 9.93. The minimum atomic E-state index is -1.82. The third-order valence-corrected chi connectivity index (χ3v) is 6.01. The average molecular weight is 495 g/mol. The van der Waals surface area contributed by atoms with Gasteiger partial charge in [0.1, 0.15) is 24.6 Å². The zero-order chi connectivity index (χ0) is 26.2. The number of hydrogen-bond donors (Lipinski definition) is 3. The van der Waals surface area contributed by atoms with Gasteiger partial charge in [-0.3, -0.25) is 9.69 Å². The van der Waals surface area contributed by atoms with Gasteiger partial charge >= 0.3 is 11.9 Å². The Kier molecular flexibility index (Phi) is 10.5. The Hall–Kier alpha value is -2.69. The summed E-state index contributed by atoms with van der Waals surface area (Å²) in [7, 11) is 0.